The van der Waals surface area contributed by atoms with E-state index in [9.17, 15) is 9.59 Å². The van der Waals surface area contributed by atoms with Crippen molar-refractivity contribution >= 4 is 22.8 Å². The van der Waals surface area contributed by atoms with Gasteiger partial charge in [-0.05, 0) is 18.6 Å². The van der Waals surface area contributed by atoms with Crippen LogP contribution < -0.4 is 0 Å². The molecule has 1 saturated heterocycles. The smallest absolute Gasteiger partial charge is 0.224 e. The van der Waals surface area contributed by atoms with Gasteiger partial charge in [0.2, 0.25) is 5.91 Å². The molecular formula is C13H16N2O2S. The average Bonchev–Trinajstić information content (AvgIpc) is 2.61. The summed E-state index contributed by atoms with van der Waals surface area (Å²) in [6.07, 6.45) is 2.26. The van der Waals surface area contributed by atoms with Crippen LogP contribution >= 0.6 is 11.8 Å². The summed E-state index contributed by atoms with van der Waals surface area (Å²) in [5.74, 6) is 0.108. The van der Waals surface area contributed by atoms with E-state index >= 15 is 0 Å². The summed E-state index contributed by atoms with van der Waals surface area (Å²) >= 11 is 1.26. The third kappa shape index (κ3) is 3.32. The summed E-state index contributed by atoms with van der Waals surface area (Å²) in [4.78, 5) is 28.9. The highest BCUT2D eigenvalue weighted by Crippen LogP contribution is 2.25. The molecule has 0 aromatic carbocycles. The van der Waals surface area contributed by atoms with Gasteiger partial charge in [0.25, 0.3) is 0 Å². The molecule has 0 saturated carbocycles. The minimum absolute atomic E-state index is 0.0723. The summed E-state index contributed by atoms with van der Waals surface area (Å²) in [5.41, 5.74) is 2.00. The average molecular weight is 264 g/mol. The number of hydrogen-bond acceptors (Lipinski definition) is 4. The molecule has 1 aliphatic heterocycles. The lowest BCUT2D eigenvalue weighted by atomic mass is 10.2. The van der Waals surface area contributed by atoms with Crippen LogP contribution in [0.3, 0.4) is 0 Å². The highest BCUT2D eigenvalue weighted by Gasteiger charge is 2.30. The first-order valence-corrected chi connectivity index (χ1v) is 6.79. The summed E-state index contributed by atoms with van der Waals surface area (Å²) in [7, 11) is 0. The first kappa shape index (κ1) is 13.1. The molecule has 1 aromatic rings. The zero-order valence-corrected chi connectivity index (χ0v) is 11.4. The lowest BCUT2D eigenvalue weighted by molar-refractivity contribution is -0.128. The number of aromatic nitrogens is 1. The predicted molar refractivity (Wildman–Crippen MR) is 71.1 cm³/mol. The fraction of sp³-hybridized carbons (Fsp3) is 0.462. The van der Waals surface area contributed by atoms with Crippen LogP contribution in [0, 0.1) is 6.92 Å². The third-order valence-electron chi connectivity index (χ3n) is 2.84. The first-order chi connectivity index (χ1) is 8.54. The van der Waals surface area contributed by atoms with E-state index in [0.717, 1.165) is 11.3 Å². The molecule has 2 rings (SSSR count). The number of carbonyl (C=O) groups is 2. The number of carbonyl (C=O) groups excluding carboxylic acids is 2. The topological polar surface area (TPSA) is 50.3 Å². The van der Waals surface area contributed by atoms with Gasteiger partial charge in [0.1, 0.15) is 0 Å². The highest BCUT2D eigenvalue weighted by atomic mass is 32.2. The molecule has 1 atom stereocenters. The van der Waals surface area contributed by atoms with E-state index in [-0.39, 0.29) is 16.3 Å². The maximum atomic E-state index is 11.8. The largest absolute Gasteiger partial charge is 0.336 e. The number of thioether (sulfide) groups is 1. The minimum atomic E-state index is 0.0723. The van der Waals surface area contributed by atoms with Crippen LogP contribution in [0.4, 0.5) is 0 Å². The van der Waals surface area contributed by atoms with Crippen LogP contribution in [0.5, 0.6) is 0 Å². The second-order valence-corrected chi connectivity index (χ2v) is 6.01. The zero-order valence-electron chi connectivity index (χ0n) is 10.5. The van der Waals surface area contributed by atoms with Gasteiger partial charge in [0, 0.05) is 31.3 Å². The molecule has 5 heteroatoms. The molecule has 1 amide bonds. The molecule has 0 N–H and O–H groups in total. The molecule has 0 bridgehead atoms. The number of aryl methyl sites for hydroxylation is 1. The molecule has 1 fully saturated rings. The molecule has 0 spiro atoms. The Balaban J connectivity index is 1.96. The van der Waals surface area contributed by atoms with E-state index in [1.807, 2.05) is 19.1 Å². The monoisotopic (exact) mass is 264 g/mol. The summed E-state index contributed by atoms with van der Waals surface area (Å²) < 4.78 is 0. The van der Waals surface area contributed by atoms with E-state index in [4.69, 9.17) is 0 Å². The van der Waals surface area contributed by atoms with Gasteiger partial charge in [-0.2, -0.15) is 0 Å². The van der Waals surface area contributed by atoms with Gasteiger partial charge < -0.3 is 4.90 Å². The molecule has 1 aromatic heterocycles. The number of nitrogens with zero attached hydrogens (tertiary/aromatic N) is 2. The van der Waals surface area contributed by atoms with Crippen LogP contribution in [0.15, 0.2) is 18.3 Å². The molecule has 1 unspecified atom stereocenters. The zero-order chi connectivity index (χ0) is 13.1. The molecule has 2 heterocycles. The molecule has 96 valence electrons. The number of pyridine rings is 1. The van der Waals surface area contributed by atoms with Crippen LogP contribution in [-0.4, -0.2) is 32.7 Å². The Labute approximate surface area is 111 Å². The van der Waals surface area contributed by atoms with Gasteiger partial charge in [-0.25, -0.2) is 0 Å². The lowest BCUT2D eigenvalue weighted by Crippen LogP contribution is -2.25. The molecule has 0 aliphatic carbocycles. The Hall–Kier alpha value is -1.36. The van der Waals surface area contributed by atoms with Gasteiger partial charge in [-0.3, -0.25) is 14.6 Å². The summed E-state index contributed by atoms with van der Waals surface area (Å²) in [6, 6.07) is 3.93. The van der Waals surface area contributed by atoms with E-state index < -0.39 is 0 Å². The molecule has 1 aliphatic rings. The number of likely N-dealkylation sites (tertiary alicyclic amines) is 1. The Bertz CT molecular complexity index is 459. The van der Waals surface area contributed by atoms with Crippen molar-refractivity contribution in [3.05, 3.63) is 29.6 Å². The van der Waals surface area contributed by atoms with E-state index in [0.29, 0.717) is 19.5 Å². The Kier molecular flexibility index (Phi) is 4.01. The van der Waals surface area contributed by atoms with Gasteiger partial charge in [0.05, 0.1) is 12.2 Å². The molecule has 4 nitrogen and oxygen atoms in total. The second kappa shape index (κ2) is 5.52. The molecule has 18 heavy (non-hydrogen) atoms. The van der Waals surface area contributed by atoms with Crippen molar-refractivity contribution in [2.45, 2.75) is 32.1 Å². The first-order valence-electron chi connectivity index (χ1n) is 5.91. The van der Waals surface area contributed by atoms with Crippen molar-refractivity contribution in [1.82, 2.24) is 9.88 Å². The van der Waals surface area contributed by atoms with Gasteiger partial charge in [-0.1, -0.05) is 17.8 Å². The second-order valence-electron chi connectivity index (χ2n) is 4.54. The van der Waals surface area contributed by atoms with Crippen LogP contribution in [0.2, 0.25) is 0 Å². The summed E-state index contributed by atoms with van der Waals surface area (Å²) in [5, 5.41) is 0.170. The maximum absolute atomic E-state index is 11.8. The van der Waals surface area contributed by atoms with Crippen LogP contribution in [0.1, 0.15) is 24.6 Å². The van der Waals surface area contributed by atoms with Crippen molar-refractivity contribution in [2.75, 3.05) is 6.54 Å². The minimum Gasteiger partial charge on any atom is -0.336 e. The van der Waals surface area contributed by atoms with Crippen molar-refractivity contribution in [3.8, 4) is 0 Å². The predicted octanol–water partition coefficient (Wildman–Crippen LogP) is 1.77. The number of amides is 1. The maximum Gasteiger partial charge on any atom is 0.224 e. The van der Waals surface area contributed by atoms with Crippen molar-refractivity contribution < 1.29 is 9.59 Å². The van der Waals surface area contributed by atoms with E-state index in [2.05, 4.69) is 4.98 Å². The lowest BCUT2D eigenvalue weighted by Gasteiger charge is -2.15. The molecule has 0 radical (unpaired) electrons. The Morgan fingerprint density at radius 3 is 2.94 bits per heavy atom. The van der Waals surface area contributed by atoms with E-state index in [1.165, 1.54) is 11.8 Å². The normalized spacial score (nSPS) is 19.3. The van der Waals surface area contributed by atoms with Crippen LogP contribution in [0.25, 0.3) is 0 Å². The highest BCUT2D eigenvalue weighted by molar-refractivity contribution is 8.14. The standard InChI is InChI=1S/C13H16N2O2S/c1-9-3-4-11(14-6-9)7-15-8-12(5-13(15)17)18-10(2)16/h3-4,6,12H,5,7-8H2,1-2H3. The Morgan fingerprint density at radius 2 is 2.33 bits per heavy atom. The van der Waals surface area contributed by atoms with Crippen LogP contribution in [-0.2, 0) is 16.1 Å². The van der Waals surface area contributed by atoms with E-state index in [1.54, 1.807) is 18.0 Å². The summed E-state index contributed by atoms with van der Waals surface area (Å²) in [6.45, 7) is 4.70. The van der Waals surface area contributed by atoms with Crippen molar-refractivity contribution in [1.29, 1.82) is 0 Å². The Morgan fingerprint density at radius 1 is 1.56 bits per heavy atom. The van der Waals surface area contributed by atoms with Crippen molar-refractivity contribution in [2.24, 2.45) is 0 Å². The van der Waals surface area contributed by atoms with Crippen molar-refractivity contribution in [3.63, 3.8) is 0 Å². The molecular weight excluding hydrogens is 248 g/mol. The van der Waals surface area contributed by atoms with Gasteiger partial charge in [0.15, 0.2) is 5.12 Å². The number of rotatable bonds is 3. The third-order valence-corrected chi connectivity index (χ3v) is 3.82. The quantitative estimate of drug-likeness (QED) is 0.835. The van der Waals surface area contributed by atoms with Gasteiger partial charge >= 0.3 is 0 Å². The number of hydrogen-bond donors (Lipinski definition) is 0. The SMILES string of the molecule is CC(=O)SC1CC(=O)N(Cc2ccc(C)cn2)C1. The fourth-order valence-corrected chi connectivity index (χ4v) is 2.94. The fourth-order valence-electron chi connectivity index (χ4n) is 1.99. The van der Waals surface area contributed by atoms with Gasteiger partial charge in [-0.15, -0.1) is 0 Å².